The lowest BCUT2D eigenvalue weighted by Crippen LogP contribution is -2.50. The van der Waals surface area contributed by atoms with Gasteiger partial charge in [0.15, 0.2) is 0 Å². The van der Waals surface area contributed by atoms with Crippen LogP contribution in [0, 0.1) is 10.8 Å². The lowest BCUT2D eigenvalue weighted by molar-refractivity contribution is 0.0977. The van der Waals surface area contributed by atoms with Crippen molar-refractivity contribution in [1.82, 2.24) is 0 Å². The summed E-state index contributed by atoms with van der Waals surface area (Å²) in [4.78, 5) is 0. The molecule has 0 unspecified atom stereocenters. The van der Waals surface area contributed by atoms with Gasteiger partial charge in [0.05, 0.1) is 0 Å². The highest BCUT2D eigenvalue weighted by atomic mass is 14.6. The van der Waals surface area contributed by atoms with Gasteiger partial charge >= 0.3 is 0 Å². The maximum absolute atomic E-state index is 2.56. The van der Waals surface area contributed by atoms with Crippen molar-refractivity contribution in [3.05, 3.63) is 205 Å². The molecule has 0 radical (unpaired) electrons. The highest BCUT2D eigenvalue weighted by Gasteiger charge is 2.59. The normalized spacial score (nSPS) is 13.7. The molecule has 0 bridgehead atoms. The predicted octanol–water partition coefficient (Wildman–Crippen LogP) is 18.0. The second kappa shape index (κ2) is 13.5. The van der Waals surface area contributed by atoms with E-state index in [1.165, 1.54) is 120 Å². The van der Waals surface area contributed by atoms with Crippen molar-refractivity contribution in [2.75, 3.05) is 0 Å². The number of rotatable bonds is 3. The Morgan fingerprint density at radius 1 is 0.270 bits per heavy atom. The number of benzene rings is 11. The van der Waals surface area contributed by atoms with Gasteiger partial charge in [-0.1, -0.05) is 224 Å². The van der Waals surface area contributed by atoms with Gasteiger partial charge in [-0.15, -0.1) is 0 Å². The summed E-state index contributed by atoms with van der Waals surface area (Å²) < 4.78 is 0. The summed E-state index contributed by atoms with van der Waals surface area (Å²) in [6.45, 7) is 14.9. The first-order chi connectivity index (χ1) is 30.6. The molecule has 0 heterocycles. The van der Waals surface area contributed by atoms with Gasteiger partial charge in [0.2, 0.25) is 0 Å². The van der Waals surface area contributed by atoms with Crippen molar-refractivity contribution in [3.63, 3.8) is 0 Å². The molecule has 1 aliphatic carbocycles. The van der Waals surface area contributed by atoms with Crippen molar-refractivity contribution in [3.8, 4) is 44.5 Å². The number of hydrogen-bond acceptors (Lipinski definition) is 0. The molecular formula is C63H50. The minimum absolute atomic E-state index is 0.113. The molecule has 0 fully saturated rings. The standard InChI is InChI=1S/C63H50/c1-61(2,3)63(62(4,5)6)59-52-29-17-11-23-46(52)54(38-55(59)58-47-24-12-9-21-44(47)45-22-10-18-30-53(45)60(58)63)40-32-34-41(35-33-40)56-48-25-13-15-27-50(48)57(51-28-16-14-26-49(51)56)43-36-31-39-19-7-8-20-42(39)37-43/h7-38H,1-6H3. The lowest BCUT2D eigenvalue weighted by atomic mass is 9.49. The molecule has 0 spiro atoms. The van der Waals surface area contributed by atoms with Crippen LogP contribution in [0.5, 0.6) is 0 Å². The summed E-state index contributed by atoms with van der Waals surface area (Å²) in [5.41, 5.74) is 12.8. The molecule has 0 saturated carbocycles. The van der Waals surface area contributed by atoms with Crippen molar-refractivity contribution < 1.29 is 0 Å². The highest BCUT2D eigenvalue weighted by molar-refractivity contribution is 6.23. The molecule has 0 heteroatoms. The maximum atomic E-state index is 2.56. The summed E-state index contributed by atoms with van der Waals surface area (Å²) in [5.74, 6) is 0. The zero-order valence-corrected chi connectivity index (χ0v) is 37.0. The molecule has 0 atom stereocenters. The third-order valence-corrected chi connectivity index (χ3v) is 14.7. The van der Waals surface area contributed by atoms with Crippen LogP contribution in [0.4, 0.5) is 0 Å². The van der Waals surface area contributed by atoms with Gasteiger partial charge in [-0.05, 0) is 143 Å². The highest BCUT2D eigenvalue weighted by Crippen LogP contribution is 2.69. The van der Waals surface area contributed by atoms with E-state index in [0.717, 1.165) is 0 Å². The van der Waals surface area contributed by atoms with Gasteiger partial charge in [-0.25, -0.2) is 0 Å². The summed E-state index contributed by atoms with van der Waals surface area (Å²) >= 11 is 0. The molecule has 0 amide bonds. The Hall–Kier alpha value is -7.02. The lowest BCUT2D eigenvalue weighted by Gasteiger charge is -2.54. The van der Waals surface area contributed by atoms with Gasteiger partial charge < -0.3 is 0 Å². The average Bonchev–Trinajstić information content (AvgIpc) is 3.64. The Morgan fingerprint density at radius 3 is 1.19 bits per heavy atom. The molecule has 302 valence electrons. The Labute approximate surface area is 370 Å². The molecule has 12 rings (SSSR count). The summed E-state index contributed by atoms with van der Waals surface area (Å²) in [6, 6.07) is 73.2. The van der Waals surface area contributed by atoms with Crippen LogP contribution in [0.25, 0.3) is 109 Å². The van der Waals surface area contributed by atoms with Gasteiger partial charge in [-0.2, -0.15) is 0 Å². The molecule has 0 N–H and O–H groups in total. The van der Waals surface area contributed by atoms with E-state index in [0.29, 0.717) is 0 Å². The summed E-state index contributed by atoms with van der Waals surface area (Å²) in [5, 5.41) is 15.6. The second-order valence-electron chi connectivity index (χ2n) is 20.0. The fraction of sp³-hybridized carbons (Fsp3) is 0.143. The fourth-order valence-electron chi connectivity index (χ4n) is 12.7. The van der Waals surface area contributed by atoms with Crippen LogP contribution in [-0.4, -0.2) is 0 Å². The smallest absolute Gasteiger partial charge is 0.0324 e. The van der Waals surface area contributed by atoms with Crippen molar-refractivity contribution >= 4 is 64.6 Å². The van der Waals surface area contributed by atoms with Crippen LogP contribution < -0.4 is 0 Å². The van der Waals surface area contributed by atoms with Gasteiger partial charge in [0.1, 0.15) is 0 Å². The second-order valence-corrected chi connectivity index (χ2v) is 20.0. The molecule has 1 aliphatic rings. The van der Waals surface area contributed by atoms with Crippen LogP contribution in [0.1, 0.15) is 52.7 Å². The fourth-order valence-corrected chi connectivity index (χ4v) is 12.7. The average molecular weight is 807 g/mol. The zero-order valence-electron chi connectivity index (χ0n) is 37.0. The Bertz CT molecular complexity index is 3610. The van der Waals surface area contributed by atoms with Crippen molar-refractivity contribution in [1.29, 1.82) is 0 Å². The molecular weight excluding hydrogens is 757 g/mol. The van der Waals surface area contributed by atoms with Crippen molar-refractivity contribution in [2.45, 2.75) is 47.0 Å². The van der Waals surface area contributed by atoms with E-state index >= 15 is 0 Å². The molecule has 11 aromatic carbocycles. The van der Waals surface area contributed by atoms with Crippen LogP contribution in [0.2, 0.25) is 0 Å². The van der Waals surface area contributed by atoms with E-state index < -0.39 is 0 Å². The van der Waals surface area contributed by atoms with Crippen LogP contribution in [0.15, 0.2) is 194 Å². The van der Waals surface area contributed by atoms with E-state index in [-0.39, 0.29) is 16.2 Å². The largest absolute Gasteiger partial charge is 0.0616 e. The van der Waals surface area contributed by atoms with E-state index in [4.69, 9.17) is 0 Å². The molecule has 0 aromatic heterocycles. The van der Waals surface area contributed by atoms with E-state index in [9.17, 15) is 0 Å². The molecule has 63 heavy (non-hydrogen) atoms. The van der Waals surface area contributed by atoms with Crippen LogP contribution in [0.3, 0.4) is 0 Å². The predicted molar refractivity (Wildman–Crippen MR) is 273 cm³/mol. The Morgan fingerprint density at radius 2 is 0.651 bits per heavy atom. The summed E-state index contributed by atoms with van der Waals surface area (Å²) in [6.07, 6.45) is 0. The molecule has 0 nitrogen and oxygen atoms in total. The first kappa shape index (κ1) is 37.7. The van der Waals surface area contributed by atoms with E-state index in [1.807, 2.05) is 0 Å². The maximum Gasteiger partial charge on any atom is 0.0324 e. The van der Waals surface area contributed by atoms with E-state index in [1.54, 1.807) is 0 Å². The quantitative estimate of drug-likeness (QED) is 0.123. The summed E-state index contributed by atoms with van der Waals surface area (Å²) in [7, 11) is 0. The van der Waals surface area contributed by atoms with Crippen LogP contribution in [-0.2, 0) is 5.41 Å². The van der Waals surface area contributed by atoms with Gasteiger partial charge in [-0.3, -0.25) is 0 Å². The van der Waals surface area contributed by atoms with Crippen molar-refractivity contribution in [2.24, 2.45) is 10.8 Å². The molecule has 0 aliphatic heterocycles. The third kappa shape index (κ3) is 5.22. The zero-order chi connectivity index (χ0) is 42.8. The van der Waals surface area contributed by atoms with E-state index in [2.05, 4.69) is 236 Å². The minimum atomic E-state index is -0.294. The first-order valence-corrected chi connectivity index (χ1v) is 22.6. The Balaban J connectivity index is 1.11. The Kier molecular flexibility index (Phi) is 8.08. The van der Waals surface area contributed by atoms with Crippen LogP contribution >= 0.6 is 0 Å². The monoisotopic (exact) mass is 806 g/mol. The molecule has 11 aromatic rings. The first-order valence-electron chi connectivity index (χ1n) is 22.6. The SMILES string of the molecule is CC(C)(C)C1(C(C)(C)C)c2c(cc(-c3ccc(-c4c5ccccc5c(-c5ccc6ccccc6c5)c5ccccc45)cc3)c3ccccc23)-c2c1c1ccccc1c1ccccc21. The third-order valence-electron chi connectivity index (χ3n) is 14.7. The van der Waals surface area contributed by atoms with Gasteiger partial charge in [0, 0.05) is 5.41 Å². The number of fused-ring (bicyclic) bond motifs is 13. The number of hydrogen-bond donors (Lipinski definition) is 0. The minimum Gasteiger partial charge on any atom is -0.0616 e. The van der Waals surface area contributed by atoms with Gasteiger partial charge in [0.25, 0.3) is 0 Å². The molecule has 0 saturated heterocycles. The topological polar surface area (TPSA) is 0 Å².